The molecular formula is C6H7NO2. The van der Waals surface area contributed by atoms with Gasteiger partial charge in [-0.15, -0.1) is 0 Å². The van der Waals surface area contributed by atoms with Gasteiger partial charge in [-0.3, -0.25) is 0 Å². The van der Waals surface area contributed by atoms with Crippen molar-refractivity contribution in [3.63, 3.8) is 0 Å². The van der Waals surface area contributed by atoms with Gasteiger partial charge in [0.25, 0.3) is 0 Å². The highest BCUT2D eigenvalue weighted by Gasteiger charge is 1.89. The predicted molar refractivity (Wildman–Crippen MR) is 31.4 cm³/mol. The molecule has 3 heteroatoms. The van der Waals surface area contributed by atoms with Crippen LogP contribution in [0, 0.1) is 11.3 Å². The van der Waals surface area contributed by atoms with Crippen LogP contribution in [0.5, 0.6) is 0 Å². The molecule has 0 saturated carbocycles. The van der Waals surface area contributed by atoms with Gasteiger partial charge in [0.15, 0.2) is 0 Å². The average Bonchev–Trinajstić information content (AvgIpc) is 1.85. The largest absolute Gasteiger partial charge is 0.463 e. The Morgan fingerprint density at radius 1 is 1.89 bits per heavy atom. The number of esters is 1. The van der Waals surface area contributed by atoms with Crippen LogP contribution in [-0.2, 0) is 9.53 Å². The summed E-state index contributed by atoms with van der Waals surface area (Å²) >= 11 is 0. The Bertz CT molecular complexity index is 155. The van der Waals surface area contributed by atoms with E-state index < -0.39 is 5.97 Å². The van der Waals surface area contributed by atoms with Gasteiger partial charge in [0, 0.05) is 12.2 Å². The molecule has 3 nitrogen and oxygen atoms in total. The lowest BCUT2D eigenvalue weighted by molar-refractivity contribution is -0.137. The molecule has 0 spiro atoms. The maximum Gasteiger partial charge on any atom is 0.331 e. The zero-order chi connectivity index (χ0) is 7.11. The van der Waals surface area contributed by atoms with Crippen molar-refractivity contribution in [2.45, 2.75) is 6.92 Å². The summed E-state index contributed by atoms with van der Waals surface area (Å²) in [6.45, 7) is 2.05. The summed E-state index contributed by atoms with van der Waals surface area (Å²) in [5.41, 5.74) is 0. The Labute approximate surface area is 53.5 Å². The number of carbonyl (C=O) groups is 1. The van der Waals surface area contributed by atoms with Crippen molar-refractivity contribution in [2.24, 2.45) is 0 Å². The molecule has 0 unspecified atom stereocenters. The number of hydrogen-bond acceptors (Lipinski definition) is 3. The van der Waals surface area contributed by atoms with Crippen molar-refractivity contribution in [1.82, 2.24) is 0 Å². The number of nitriles is 1. The van der Waals surface area contributed by atoms with Crippen LogP contribution in [-0.4, -0.2) is 12.6 Å². The van der Waals surface area contributed by atoms with Gasteiger partial charge in [-0.05, 0) is 6.92 Å². The number of carbonyl (C=O) groups excluding carboxylic acids is 1. The molecule has 0 saturated heterocycles. The van der Waals surface area contributed by atoms with Gasteiger partial charge in [0.2, 0.25) is 0 Å². The van der Waals surface area contributed by atoms with Crippen LogP contribution < -0.4 is 0 Å². The fourth-order valence-electron chi connectivity index (χ4n) is 0.296. The van der Waals surface area contributed by atoms with Crippen molar-refractivity contribution in [2.75, 3.05) is 6.61 Å². The van der Waals surface area contributed by atoms with Crippen molar-refractivity contribution in [3.8, 4) is 6.07 Å². The Morgan fingerprint density at radius 3 is 3.00 bits per heavy atom. The van der Waals surface area contributed by atoms with E-state index in [1.165, 1.54) is 0 Å². The van der Waals surface area contributed by atoms with Crippen molar-refractivity contribution in [1.29, 1.82) is 5.26 Å². The molecule has 0 N–H and O–H groups in total. The van der Waals surface area contributed by atoms with Crippen molar-refractivity contribution in [3.05, 3.63) is 12.2 Å². The maximum atomic E-state index is 10.3. The second-order valence-electron chi connectivity index (χ2n) is 1.21. The molecule has 0 aliphatic carbocycles. The van der Waals surface area contributed by atoms with Gasteiger partial charge in [0.1, 0.15) is 0 Å². The van der Waals surface area contributed by atoms with Crippen LogP contribution in [0.4, 0.5) is 0 Å². The first-order chi connectivity index (χ1) is 4.31. The van der Waals surface area contributed by atoms with Crippen LogP contribution in [0.3, 0.4) is 0 Å². The standard InChI is InChI=1S/C6H7NO2/c1-2-9-6(8)4-3-5-7/h3-4H,2H2,1H3/b4-3+. The van der Waals surface area contributed by atoms with Gasteiger partial charge in [0.05, 0.1) is 12.7 Å². The minimum absolute atomic E-state index is 0.342. The normalized spacial score (nSPS) is 8.89. The number of nitrogens with zero attached hydrogens (tertiary/aromatic N) is 1. The molecule has 0 radical (unpaired) electrons. The lowest BCUT2D eigenvalue weighted by Gasteiger charge is -1.91. The number of hydrogen-bond donors (Lipinski definition) is 0. The molecule has 0 aliphatic rings. The predicted octanol–water partition coefficient (Wildman–Crippen LogP) is 0.629. The molecule has 0 bridgehead atoms. The summed E-state index contributed by atoms with van der Waals surface area (Å²) in [4.78, 5) is 10.3. The minimum Gasteiger partial charge on any atom is -0.463 e. The third kappa shape index (κ3) is 4.56. The topological polar surface area (TPSA) is 50.1 Å². The van der Waals surface area contributed by atoms with Crippen LogP contribution in [0.15, 0.2) is 12.2 Å². The van der Waals surface area contributed by atoms with Gasteiger partial charge >= 0.3 is 5.97 Å². The Balaban J connectivity index is 3.53. The molecule has 0 fully saturated rings. The molecule has 0 aromatic carbocycles. The van der Waals surface area contributed by atoms with E-state index in [4.69, 9.17) is 5.26 Å². The first kappa shape index (κ1) is 7.70. The van der Waals surface area contributed by atoms with E-state index in [1.807, 2.05) is 0 Å². The summed E-state index contributed by atoms with van der Waals surface area (Å²) in [6.07, 6.45) is 2.17. The molecule has 0 rings (SSSR count). The maximum absolute atomic E-state index is 10.3. The van der Waals surface area contributed by atoms with Crippen LogP contribution >= 0.6 is 0 Å². The molecule has 0 atom stereocenters. The number of rotatable bonds is 2. The van der Waals surface area contributed by atoms with E-state index in [1.54, 1.807) is 13.0 Å². The van der Waals surface area contributed by atoms with E-state index in [0.29, 0.717) is 6.61 Å². The monoisotopic (exact) mass is 125 g/mol. The molecule has 48 valence electrons. The molecular weight excluding hydrogens is 118 g/mol. The number of ether oxygens (including phenoxy) is 1. The van der Waals surface area contributed by atoms with E-state index in [-0.39, 0.29) is 0 Å². The molecule has 0 amide bonds. The smallest absolute Gasteiger partial charge is 0.331 e. The summed E-state index contributed by atoms with van der Waals surface area (Å²) in [5.74, 6) is -0.473. The lowest BCUT2D eigenvalue weighted by atomic mass is 10.5. The fraction of sp³-hybridized carbons (Fsp3) is 0.333. The van der Waals surface area contributed by atoms with Crippen molar-refractivity contribution >= 4 is 5.97 Å². The quantitative estimate of drug-likeness (QED) is 0.309. The van der Waals surface area contributed by atoms with Gasteiger partial charge in [-0.1, -0.05) is 0 Å². The third-order valence-electron chi connectivity index (χ3n) is 0.581. The summed E-state index contributed by atoms with van der Waals surface area (Å²) in [5, 5.41) is 7.94. The highest BCUT2D eigenvalue weighted by Crippen LogP contribution is 1.78. The first-order valence-corrected chi connectivity index (χ1v) is 2.54. The van der Waals surface area contributed by atoms with E-state index in [0.717, 1.165) is 12.2 Å². The second-order valence-corrected chi connectivity index (χ2v) is 1.21. The zero-order valence-corrected chi connectivity index (χ0v) is 5.13. The zero-order valence-electron chi connectivity index (χ0n) is 5.13. The Morgan fingerprint density at radius 2 is 2.56 bits per heavy atom. The first-order valence-electron chi connectivity index (χ1n) is 2.54. The Kier molecular flexibility index (Phi) is 4.15. The summed E-state index contributed by atoms with van der Waals surface area (Å²) in [7, 11) is 0. The SMILES string of the molecule is CCOC(=O)/C=C/C#N. The third-order valence-corrected chi connectivity index (χ3v) is 0.581. The fourth-order valence-corrected chi connectivity index (χ4v) is 0.296. The van der Waals surface area contributed by atoms with Crippen LogP contribution in [0.25, 0.3) is 0 Å². The lowest BCUT2D eigenvalue weighted by Crippen LogP contribution is -1.98. The average molecular weight is 125 g/mol. The molecule has 0 heterocycles. The molecule has 0 aromatic rings. The van der Waals surface area contributed by atoms with Crippen LogP contribution in [0.1, 0.15) is 6.92 Å². The molecule has 0 aliphatic heterocycles. The van der Waals surface area contributed by atoms with Crippen LogP contribution in [0.2, 0.25) is 0 Å². The summed E-state index contributed by atoms with van der Waals surface area (Å²) < 4.78 is 4.47. The second kappa shape index (κ2) is 4.85. The van der Waals surface area contributed by atoms with Gasteiger partial charge in [-0.2, -0.15) is 5.26 Å². The molecule has 9 heavy (non-hydrogen) atoms. The molecule has 0 aromatic heterocycles. The highest BCUT2D eigenvalue weighted by molar-refractivity contribution is 5.82. The van der Waals surface area contributed by atoms with E-state index in [2.05, 4.69) is 4.74 Å². The number of allylic oxidation sites excluding steroid dienone is 1. The highest BCUT2D eigenvalue weighted by atomic mass is 16.5. The van der Waals surface area contributed by atoms with Gasteiger partial charge < -0.3 is 4.74 Å². The summed E-state index contributed by atoms with van der Waals surface area (Å²) in [6, 6.07) is 1.68. The minimum atomic E-state index is -0.473. The van der Waals surface area contributed by atoms with Gasteiger partial charge in [-0.25, -0.2) is 4.79 Å². The Hall–Kier alpha value is -1.30. The van der Waals surface area contributed by atoms with Crippen molar-refractivity contribution < 1.29 is 9.53 Å². The van der Waals surface area contributed by atoms with E-state index in [9.17, 15) is 4.79 Å². The van der Waals surface area contributed by atoms with E-state index >= 15 is 0 Å².